The van der Waals surface area contributed by atoms with E-state index in [1.165, 1.54) is 25.7 Å². The second-order valence-electron chi connectivity index (χ2n) is 5.79. The van der Waals surface area contributed by atoms with Gasteiger partial charge in [-0.1, -0.05) is 12.8 Å². The molecule has 1 N–H and O–H groups in total. The topological polar surface area (TPSA) is 50.3 Å². The van der Waals surface area contributed by atoms with E-state index in [0.29, 0.717) is 12.1 Å². The Kier molecular flexibility index (Phi) is 4.17. The van der Waals surface area contributed by atoms with Crippen molar-refractivity contribution < 1.29 is 4.74 Å². The smallest absolute Gasteiger partial charge is 0.144 e. The first-order valence-electron chi connectivity index (χ1n) is 7.64. The van der Waals surface area contributed by atoms with Gasteiger partial charge in [-0.25, -0.2) is 9.97 Å². The molecular weight excluding hydrogens is 252 g/mol. The number of anilines is 1. The van der Waals surface area contributed by atoms with E-state index in [1.54, 1.807) is 0 Å². The fourth-order valence-corrected chi connectivity index (χ4v) is 3.38. The standard InChI is InChI=1S/C15H24N4O/c1-11-9-14(16-2)18-15(17-11)10-19-7-8-20-13-6-4-3-5-12(13)19/h9,12-13H,3-8,10H2,1-2H3,(H,16,17,18). The number of nitrogens with zero attached hydrogens (tertiary/aromatic N) is 3. The van der Waals surface area contributed by atoms with Crippen LogP contribution >= 0.6 is 0 Å². The Morgan fingerprint density at radius 1 is 1.35 bits per heavy atom. The minimum absolute atomic E-state index is 0.422. The van der Waals surface area contributed by atoms with Crippen molar-refractivity contribution in [3.63, 3.8) is 0 Å². The van der Waals surface area contributed by atoms with Gasteiger partial charge in [-0.3, -0.25) is 4.90 Å². The summed E-state index contributed by atoms with van der Waals surface area (Å²) in [7, 11) is 1.90. The Morgan fingerprint density at radius 3 is 3.05 bits per heavy atom. The van der Waals surface area contributed by atoms with Gasteiger partial charge >= 0.3 is 0 Å². The van der Waals surface area contributed by atoms with Crippen LogP contribution in [0.25, 0.3) is 0 Å². The monoisotopic (exact) mass is 276 g/mol. The second kappa shape index (κ2) is 6.06. The van der Waals surface area contributed by atoms with Gasteiger partial charge in [-0.15, -0.1) is 0 Å². The molecule has 1 aromatic rings. The SMILES string of the molecule is CNc1cc(C)nc(CN2CCOC3CCCCC32)n1. The molecule has 2 fully saturated rings. The largest absolute Gasteiger partial charge is 0.375 e. The highest BCUT2D eigenvalue weighted by molar-refractivity contribution is 5.34. The van der Waals surface area contributed by atoms with E-state index in [9.17, 15) is 0 Å². The molecule has 3 rings (SSSR count). The number of aryl methyl sites for hydroxylation is 1. The number of hydrogen-bond acceptors (Lipinski definition) is 5. The molecule has 2 aliphatic rings. The highest BCUT2D eigenvalue weighted by Gasteiger charge is 2.34. The Hall–Kier alpha value is -1.20. The van der Waals surface area contributed by atoms with E-state index >= 15 is 0 Å². The molecular formula is C15H24N4O. The summed E-state index contributed by atoms with van der Waals surface area (Å²) in [5.74, 6) is 1.82. The molecule has 1 aliphatic heterocycles. The molecule has 110 valence electrons. The summed E-state index contributed by atoms with van der Waals surface area (Å²) in [5, 5.41) is 3.11. The lowest BCUT2D eigenvalue weighted by Crippen LogP contribution is -2.52. The summed E-state index contributed by atoms with van der Waals surface area (Å²) < 4.78 is 5.92. The van der Waals surface area contributed by atoms with Crippen molar-refractivity contribution in [3.8, 4) is 0 Å². The molecule has 2 atom stereocenters. The van der Waals surface area contributed by atoms with Crippen LogP contribution in [-0.2, 0) is 11.3 Å². The van der Waals surface area contributed by atoms with Crippen molar-refractivity contribution in [3.05, 3.63) is 17.6 Å². The van der Waals surface area contributed by atoms with E-state index in [0.717, 1.165) is 37.0 Å². The molecule has 5 nitrogen and oxygen atoms in total. The lowest BCUT2D eigenvalue weighted by atomic mass is 9.90. The maximum absolute atomic E-state index is 5.92. The number of fused-ring (bicyclic) bond motifs is 1. The minimum atomic E-state index is 0.422. The van der Waals surface area contributed by atoms with Gasteiger partial charge in [0, 0.05) is 31.4 Å². The molecule has 1 aliphatic carbocycles. The van der Waals surface area contributed by atoms with E-state index in [-0.39, 0.29) is 0 Å². The number of nitrogens with one attached hydrogen (secondary N) is 1. The first kappa shape index (κ1) is 13.8. The van der Waals surface area contributed by atoms with Crippen LogP contribution in [0.15, 0.2) is 6.07 Å². The number of ether oxygens (including phenoxy) is 1. The van der Waals surface area contributed by atoms with Crippen LogP contribution in [0.3, 0.4) is 0 Å². The van der Waals surface area contributed by atoms with Crippen molar-refractivity contribution in [2.24, 2.45) is 0 Å². The van der Waals surface area contributed by atoms with Crippen molar-refractivity contribution in [1.82, 2.24) is 14.9 Å². The summed E-state index contributed by atoms with van der Waals surface area (Å²) in [6, 6.07) is 2.53. The molecule has 0 aromatic carbocycles. The maximum atomic E-state index is 5.92. The zero-order valence-electron chi connectivity index (χ0n) is 12.4. The van der Waals surface area contributed by atoms with Crippen LogP contribution in [0.5, 0.6) is 0 Å². The molecule has 1 saturated carbocycles. The van der Waals surface area contributed by atoms with Gasteiger partial charge in [0.1, 0.15) is 11.6 Å². The van der Waals surface area contributed by atoms with Crippen LogP contribution in [0.4, 0.5) is 5.82 Å². The molecule has 0 spiro atoms. The fraction of sp³-hybridized carbons (Fsp3) is 0.733. The molecule has 20 heavy (non-hydrogen) atoms. The van der Waals surface area contributed by atoms with E-state index in [4.69, 9.17) is 4.74 Å². The van der Waals surface area contributed by atoms with Crippen molar-refractivity contribution in [1.29, 1.82) is 0 Å². The third-order valence-corrected chi connectivity index (χ3v) is 4.35. The summed E-state index contributed by atoms with van der Waals surface area (Å²) in [6.07, 6.45) is 5.50. The highest BCUT2D eigenvalue weighted by atomic mass is 16.5. The highest BCUT2D eigenvalue weighted by Crippen LogP contribution is 2.29. The van der Waals surface area contributed by atoms with Crippen LogP contribution in [-0.4, -0.2) is 47.2 Å². The van der Waals surface area contributed by atoms with Gasteiger partial charge in [0.25, 0.3) is 0 Å². The second-order valence-corrected chi connectivity index (χ2v) is 5.79. The first-order chi connectivity index (χ1) is 9.76. The summed E-state index contributed by atoms with van der Waals surface area (Å²) >= 11 is 0. The number of aromatic nitrogens is 2. The van der Waals surface area contributed by atoms with Crippen molar-refractivity contribution in [2.45, 2.75) is 51.3 Å². The van der Waals surface area contributed by atoms with Gasteiger partial charge in [-0.2, -0.15) is 0 Å². The zero-order chi connectivity index (χ0) is 13.9. The number of hydrogen-bond donors (Lipinski definition) is 1. The third kappa shape index (κ3) is 2.94. The Morgan fingerprint density at radius 2 is 2.20 bits per heavy atom. The predicted molar refractivity (Wildman–Crippen MR) is 78.7 cm³/mol. The normalized spacial score (nSPS) is 27.1. The van der Waals surface area contributed by atoms with Gasteiger partial charge in [-0.05, 0) is 19.8 Å². The molecule has 5 heteroatoms. The minimum Gasteiger partial charge on any atom is -0.375 e. The van der Waals surface area contributed by atoms with Crippen LogP contribution in [0, 0.1) is 6.92 Å². The molecule has 0 radical (unpaired) electrons. The Bertz CT molecular complexity index is 463. The average Bonchev–Trinajstić information content (AvgIpc) is 2.47. The predicted octanol–water partition coefficient (Wildman–Crippen LogP) is 1.97. The average molecular weight is 276 g/mol. The van der Waals surface area contributed by atoms with Crippen LogP contribution < -0.4 is 5.32 Å². The molecule has 1 saturated heterocycles. The summed E-state index contributed by atoms with van der Waals surface area (Å²) in [6.45, 7) is 4.69. The van der Waals surface area contributed by atoms with Crippen molar-refractivity contribution >= 4 is 5.82 Å². The lowest BCUT2D eigenvalue weighted by molar-refractivity contribution is -0.0918. The fourth-order valence-electron chi connectivity index (χ4n) is 3.38. The number of rotatable bonds is 3. The van der Waals surface area contributed by atoms with Gasteiger partial charge in [0.15, 0.2) is 0 Å². The zero-order valence-corrected chi connectivity index (χ0v) is 12.4. The summed E-state index contributed by atoms with van der Waals surface area (Å²) in [5.41, 5.74) is 1.02. The quantitative estimate of drug-likeness (QED) is 0.914. The van der Waals surface area contributed by atoms with Gasteiger partial charge in [0.2, 0.25) is 0 Å². The maximum Gasteiger partial charge on any atom is 0.144 e. The van der Waals surface area contributed by atoms with E-state index in [1.807, 2.05) is 20.0 Å². The van der Waals surface area contributed by atoms with E-state index < -0.39 is 0 Å². The third-order valence-electron chi connectivity index (χ3n) is 4.35. The summed E-state index contributed by atoms with van der Waals surface area (Å²) in [4.78, 5) is 11.7. The Labute approximate surface area is 120 Å². The van der Waals surface area contributed by atoms with Gasteiger partial charge in [0.05, 0.1) is 19.3 Å². The number of morpholine rings is 1. The van der Waals surface area contributed by atoms with Crippen LogP contribution in [0.1, 0.15) is 37.2 Å². The molecule has 0 amide bonds. The van der Waals surface area contributed by atoms with Crippen LogP contribution in [0.2, 0.25) is 0 Å². The molecule has 1 aromatic heterocycles. The molecule has 2 heterocycles. The van der Waals surface area contributed by atoms with Crippen molar-refractivity contribution in [2.75, 3.05) is 25.5 Å². The Balaban J connectivity index is 1.74. The van der Waals surface area contributed by atoms with E-state index in [2.05, 4.69) is 20.2 Å². The van der Waals surface area contributed by atoms with Gasteiger partial charge < -0.3 is 10.1 Å². The molecule has 2 unspecified atom stereocenters. The molecule has 0 bridgehead atoms. The lowest BCUT2D eigenvalue weighted by Gasteiger charge is -2.43. The first-order valence-corrected chi connectivity index (χ1v) is 7.64.